The number of carbonyl (C=O) groups excluding carboxylic acids is 1. The summed E-state index contributed by atoms with van der Waals surface area (Å²) in [5.41, 5.74) is 5.20. The first-order valence-corrected chi connectivity index (χ1v) is 5.59. The minimum absolute atomic E-state index is 0.161. The summed E-state index contributed by atoms with van der Waals surface area (Å²) in [6, 6.07) is 0.288. The molecule has 0 bridgehead atoms. The topological polar surface area (TPSA) is 83.6 Å². The molecule has 0 radical (unpaired) electrons. The maximum Gasteiger partial charge on any atom is 0.303 e. The molecule has 94 valence electrons. The van der Waals surface area contributed by atoms with E-state index in [2.05, 4.69) is 4.90 Å². The fourth-order valence-corrected chi connectivity index (χ4v) is 1.44. The molecule has 0 aromatic carbocycles. The van der Waals surface area contributed by atoms with Crippen molar-refractivity contribution in [2.24, 2.45) is 11.7 Å². The third-order valence-electron chi connectivity index (χ3n) is 2.56. The minimum Gasteiger partial charge on any atom is -0.481 e. The average molecular weight is 230 g/mol. The Kier molecular flexibility index (Phi) is 6.72. The van der Waals surface area contributed by atoms with E-state index in [9.17, 15) is 9.59 Å². The van der Waals surface area contributed by atoms with Crippen LogP contribution < -0.4 is 5.73 Å². The highest BCUT2D eigenvalue weighted by Gasteiger charge is 2.16. The van der Waals surface area contributed by atoms with Crippen molar-refractivity contribution in [3.8, 4) is 0 Å². The van der Waals surface area contributed by atoms with Crippen molar-refractivity contribution in [3.63, 3.8) is 0 Å². The van der Waals surface area contributed by atoms with E-state index in [1.165, 1.54) is 0 Å². The van der Waals surface area contributed by atoms with E-state index < -0.39 is 5.97 Å². The second kappa shape index (κ2) is 7.22. The molecule has 0 aliphatic heterocycles. The zero-order chi connectivity index (χ0) is 12.7. The highest BCUT2D eigenvalue weighted by molar-refractivity contribution is 5.76. The Morgan fingerprint density at radius 1 is 1.31 bits per heavy atom. The average Bonchev–Trinajstić information content (AvgIpc) is 2.14. The van der Waals surface area contributed by atoms with Crippen LogP contribution in [-0.4, -0.2) is 41.0 Å². The molecule has 0 heterocycles. The molecule has 0 fully saturated rings. The van der Waals surface area contributed by atoms with Crippen molar-refractivity contribution in [1.29, 1.82) is 0 Å². The van der Waals surface area contributed by atoms with Gasteiger partial charge in [0.05, 0.1) is 0 Å². The summed E-state index contributed by atoms with van der Waals surface area (Å²) in [4.78, 5) is 23.4. The van der Waals surface area contributed by atoms with Crippen molar-refractivity contribution >= 4 is 11.9 Å². The third-order valence-corrected chi connectivity index (χ3v) is 2.56. The monoisotopic (exact) mass is 230 g/mol. The number of carboxylic acid groups (broad SMARTS) is 1. The van der Waals surface area contributed by atoms with Gasteiger partial charge < -0.3 is 15.7 Å². The molecule has 0 spiro atoms. The predicted octanol–water partition coefficient (Wildman–Crippen LogP) is 0.683. The molecular formula is C11H22N2O3. The lowest BCUT2D eigenvalue weighted by atomic mass is 10.1. The van der Waals surface area contributed by atoms with E-state index in [0.717, 1.165) is 0 Å². The zero-order valence-electron chi connectivity index (χ0n) is 10.3. The first-order valence-electron chi connectivity index (χ1n) is 5.59. The second-order valence-corrected chi connectivity index (χ2v) is 4.39. The van der Waals surface area contributed by atoms with Crippen LogP contribution in [0.4, 0.5) is 0 Å². The van der Waals surface area contributed by atoms with Crippen molar-refractivity contribution in [3.05, 3.63) is 0 Å². The van der Waals surface area contributed by atoms with E-state index in [1.54, 1.807) is 6.92 Å². The van der Waals surface area contributed by atoms with Gasteiger partial charge in [-0.1, -0.05) is 6.92 Å². The highest BCUT2D eigenvalue weighted by atomic mass is 16.4. The van der Waals surface area contributed by atoms with Gasteiger partial charge in [0.15, 0.2) is 0 Å². The van der Waals surface area contributed by atoms with Crippen LogP contribution in [0.2, 0.25) is 0 Å². The minimum atomic E-state index is -0.786. The molecule has 0 aliphatic carbocycles. The molecule has 0 aromatic heterocycles. The Morgan fingerprint density at radius 3 is 2.25 bits per heavy atom. The normalized spacial score (nSPS) is 13.1. The van der Waals surface area contributed by atoms with Gasteiger partial charge in [0, 0.05) is 24.9 Å². The fourth-order valence-electron chi connectivity index (χ4n) is 1.44. The molecule has 0 rings (SSSR count). The molecule has 5 nitrogen and oxygen atoms in total. The van der Waals surface area contributed by atoms with Gasteiger partial charge in [0.25, 0.3) is 0 Å². The molecule has 1 atom stereocenters. The van der Waals surface area contributed by atoms with Crippen molar-refractivity contribution < 1.29 is 14.7 Å². The molecule has 1 amide bonds. The number of hydrogen-bond acceptors (Lipinski definition) is 3. The highest BCUT2D eigenvalue weighted by Crippen LogP contribution is 2.06. The number of hydrogen-bond donors (Lipinski definition) is 2. The van der Waals surface area contributed by atoms with E-state index in [-0.39, 0.29) is 24.3 Å². The SMILES string of the molecule is CC(CN(CCCC(=O)O)C(C)C)C(N)=O. The van der Waals surface area contributed by atoms with Gasteiger partial charge >= 0.3 is 5.97 Å². The molecule has 0 saturated heterocycles. The molecule has 1 unspecified atom stereocenters. The number of nitrogens with zero attached hydrogens (tertiary/aromatic N) is 1. The summed E-state index contributed by atoms with van der Waals surface area (Å²) in [7, 11) is 0. The second-order valence-electron chi connectivity index (χ2n) is 4.39. The summed E-state index contributed by atoms with van der Waals surface area (Å²) in [6.45, 7) is 7.10. The van der Waals surface area contributed by atoms with Gasteiger partial charge in [-0.25, -0.2) is 0 Å². The number of rotatable bonds is 8. The zero-order valence-corrected chi connectivity index (χ0v) is 10.3. The van der Waals surface area contributed by atoms with Crippen LogP contribution in [0.3, 0.4) is 0 Å². The standard InChI is InChI=1S/C11H22N2O3/c1-8(2)13(6-4-5-10(14)15)7-9(3)11(12)16/h8-9H,4-7H2,1-3H3,(H2,12,16)(H,14,15). The van der Waals surface area contributed by atoms with Crippen LogP contribution in [0.15, 0.2) is 0 Å². The summed E-state index contributed by atoms with van der Waals surface area (Å²) in [5.74, 6) is -1.30. The van der Waals surface area contributed by atoms with E-state index in [0.29, 0.717) is 19.5 Å². The number of amides is 1. The lowest BCUT2D eigenvalue weighted by Gasteiger charge is -2.28. The van der Waals surface area contributed by atoms with E-state index in [1.807, 2.05) is 13.8 Å². The maximum absolute atomic E-state index is 10.9. The quantitative estimate of drug-likeness (QED) is 0.642. The Bertz CT molecular complexity index is 241. The maximum atomic E-state index is 10.9. The number of carbonyl (C=O) groups is 2. The molecule has 5 heteroatoms. The first-order chi connectivity index (χ1) is 7.34. The largest absolute Gasteiger partial charge is 0.481 e. The van der Waals surface area contributed by atoms with E-state index >= 15 is 0 Å². The Morgan fingerprint density at radius 2 is 1.88 bits per heavy atom. The summed E-state index contributed by atoms with van der Waals surface area (Å²) < 4.78 is 0. The van der Waals surface area contributed by atoms with Crippen LogP contribution >= 0.6 is 0 Å². The summed E-state index contributed by atoms with van der Waals surface area (Å²) >= 11 is 0. The van der Waals surface area contributed by atoms with Crippen LogP contribution in [0.5, 0.6) is 0 Å². The van der Waals surface area contributed by atoms with Crippen LogP contribution in [0.1, 0.15) is 33.6 Å². The van der Waals surface area contributed by atoms with Gasteiger partial charge in [-0.2, -0.15) is 0 Å². The summed E-state index contributed by atoms with van der Waals surface area (Å²) in [6.07, 6.45) is 0.757. The van der Waals surface area contributed by atoms with E-state index in [4.69, 9.17) is 10.8 Å². The molecule has 0 aromatic rings. The van der Waals surface area contributed by atoms with Crippen LogP contribution in [0, 0.1) is 5.92 Å². The van der Waals surface area contributed by atoms with Crippen LogP contribution in [0.25, 0.3) is 0 Å². The lowest BCUT2D eigenvalue weighted by Crippen LogP contribution is -2.39. The third kappa shape index (κ3) is 6.40. The Hall–Kier alpha value is -1.10. The smallest absolute Gasteiger partial charge is 0.303 e. The molecule has 16 heavy (non-hydrogen) atoms. The Labute approximate surface area is 96.6 Å². The molecule has 0 saturated carbocycles. The van der Waals surface area contributed by atoms with Crippen LogP contribution in [-0.2, 0) is 9.59 Å². The lowest BCUT2D eigenvalue weighted by molar-refractivity contribution is -0.137. The molecule has 3 N–H and O–H groups in total. The van der Waals surface area contributed by atoms with Crippen molar-refractivity contribution in [2.45, 2.75) is 39.7 Å². The number of primary amides is 1. The Balaban J connectivity index is 4.07. The van der Waals surface area contributed by atoms with Gasteiger partial charge in [-0.05, 0) is 26.8 Å². The van der Waals surface area contributed by atoms with Gasteiger partial charge in [-0.3, -0.25) is 9.59 Å². The van der Waals surface area contributed by atoms with Crippen molar-refractivity contribution in [2.75, 3.05) is 13.1 Å². The summed E-state index contributed by atoms with van der Waals surface area (Å²) in [5, 5.41) is 8.54. The fraction of sp³-hybridized carbons (Fsp3) is 0.818. The number of nitrogens with two attached hydrogens (primary N) is 1. The first kappa shape index (κ1) is 14.9. The van der Waals surface area contributed by atoms with Crippen molar-refractivity contribution in [1.82, 2.24) is 4.90 Å². The molecule has 0 aliphatic rings. The number of aliphatic carboxylic acids is 1. The predicted molar refractivity (Wildman–Crippen MR) is 61.9 cm³/mol. The number of carboxylic acids is 1. The molecular weight excluding hydrogens is 208 g/mol. The van der Waals surface area contributed by atoms with Gasteiger partial charge in [-0.15, -0.1) is 0 Å². The van der Waals surface area contributed by atoms with Gasteiger partial charge in [0.2, 0.25) is 5.91 Å². The van der Waals surface area contributed by atoms with Gasteiger partial charge in [0.1, 0.15) is 0 Å².